The SMILES string of the molecule is CCCNC1(CC(=O)OCC)CCCOCC1. The Bertz CT molecular complexity index is 223. The summed E-state index contributed by atoms with van der Waals surface area (Å²) in [7, 11) is 0. The minimum atomic E-state index is -0.112. The molecule has 1 aliphatic heterocycles. The van der Waals surface area contributed by atoms with E-state index in [1.54, 1.807) is 0 Å². The van der Waals surface area contributed by atoms with Crippen LogP contribution in [0.2, 0.25) is 0 Å². The van der Waals surface area contributed by atoms with Crippen LogP contribution in [0.15, 0.2) is 0 Å². The Morgan fingerprint density at radius 3 is 2.88 bits per heavy atom. The fraction of sp³-hybridized carbons (Fsp3) is 0.923. The summed E-state index contributed by atoms with van der Waals surface area (Å²) in [6.07, 6.45) is 4.43. The van der Waals surface area contributed by atoms with Crippen molar-refractivity contribution in [2.45, 2.75) is 51.5 Å². The van der Waals surface area contributed by atoms with Crippen LogP contribution in [0, 0.1) is 0 Å². The van der Waals surface area contributed by atoms with Crippen molar-refractivity contribution in [1.29, 1.82) is 0 Å². The lowest BCUT2D eigenvalue weighted by Gasteiger charge is -2.32. The maximum atomic E-state index is 11.7. The quantitative estimate of drug-likeness (QED) is 0.724. The Labute approximate surface area is 104 Å². The van der Waals surface area contributed by atoms with Gasteiger partial charge >= 0.3 is 5.97 Å². The Balaban J connectivity index is 2.58. The normalized spacial score (nSPS) is 25.3. The topological polar surface area (TPSA) is 47.6 Å². The van der Waals surface area contributed by atoms with Crippen molar-refractivity contribution in [3.8, 4) is 0 Å². The number of hydrogen-bond donors (Lipinski definition) is 1. The maximum Gasteiger partial charge on any atom is 0.307 e. The fourth-order valence-electron chi connectivity index (χ4n) is 2.30. The summed E-state index contributed by atoms with van der Waals surface area (Å²) in [6.45, 7) is 6.92. The van der Waals surface area contributed by atoms with Gasteiger partial charge in [-0.05, 0) is 39.2 Å². The van der Waals surface area contributed by atoms with E-state index < -0.39 is 0 Å². The molecule has 0 aromatic rings. The highest BCUT2D eigenvalue weighted by Crippen LogP contribution is 2.25. The largest absolute Gasteiger partial charge is 0.466 e. The number of nitrogens with one attached hydrogen (secondary N) is 1. The highest BCUT2D eigenvalue weighted by molar-refractivity contribution is 5.70. The molecule has 0 aliphatic carbocycles. The molecule has 1 N–H and O–H groups in total. The van der Waals surface area contributed by atoms with Crippen molar-refractivity contribution < 1.29 is 14.3 Å². The number of esters is 1. The lowest BCUT2D eigenvalue weighted by Crippen LogP contribution is -2.47. The van der Waals surface area contributed by atoms with E-state index in [4.69, 9.17) is 9.47 Å². The zero-order chi connectivity index (χ0) is 12.6. The highest BCUT2D eigenvalue weighted by atomic mass is 16.5. The minimum Gasteiger partial charge on any atom is -0.466 e. The summed E-state index contributed by atoms with van der Waals surface area (Å²) < 4.78 is 10.5. The van der Waals surface area contributed by atoms with Crippen LogP contribution in [-0.4, -0.2) is 37.9 Å². The number of ether oxygens (including phenoxy) is 2. The number of rotatable bonds is 6. The Kier molecular flexibility index (Phi) is 6.52. The summed E-state index contributed by atoms with van der Waals surface area (Å²) >= 11 is 0. The second-order valence-electron chi connectivity index (χ2n) is 4.65. The van der Waals surface area contributed by atoms with E-state index in [-0.39, 0.29) is 11.5 Å². The van der Waals surface area contributed by atoms with Gasteiger partial charge in [0.05, 0.1) is 13.0 Å². The predicted octanol–water partition coefficient (Wildman–Crippen LogP) is 1.88. The first-order valence-electron chi connectivity index (χ1n) is 6.71. The van der Waals surface area contributed by atoms with Crippen LogP contribution in [0.3, 0.4) is 0 Å². The van der Waals surface area contributed by atoms with Gasteiger partial charge in [-0.15, -0.1) is 0 Å². The van der Waals surface area contributed by atoms with Crippen LogP contribution >= 0.6 is 0 Å². The molecule has 1 saturated heterocycles. The summed E-state index contributed by atoms with van der Waals surface area (Å²) in [4.78, 5) is 11.7. The van der Waals surface area contributed by atoms with Crippen molar-refractivity contribution in [3.05, 3.63) is 0 Å². The first-order valence-corrected chi connectivity index (χ1v) is 6.71. The molecule has 0 bridgehead atoms. The van der Waals surface area contributed by atoms with Crippen molar-refractivity contribution in [2.75, 3.05) is 26.4 Å². The van der Waals surface area contributed by atoms with E-state index in [0.29, 0.717) is 13.0 Å². The first kappa shape index (κ1) is 14.5. The standard InChI is InChI=1S/C13H25NO3/c1-3-8-14-13(11-12(15)17-4-2)6-5-9-16-10-7-13/h14H,3-11H2,1-2H3. The van der Waals surface area contributed by atoms with Crippen LogP contribution in [0.4, 0.5) is 0 Å². The molecule has 4 nitrogen and oxygen atoms in total. The Morgan fingerprint density at radius 1 is 1.35 bits per heavy atom. The molecule has 1 fully saturated rings. The fourth-order valence-corrected chi connectivity index (χ4v) is 2.30. The molecule has 1 atom stereocenters. The smallest absolute Gasteiger partial charge is 0.307 e. The van der Waals surface area contributed by atoms with E-state index in [1.807, 2.05) is 6.92 Å². The second kappa shape index (κ2) is 7.67. The number of carbonyl (C=O) groups excluding carboxylic acids is 1. The monoisotopic (exact) mass is 243 g/mol. The van der Waals surface area contributed by atoms with Crippen molar-refractivity contribution in [1.82, 2.24) is 5.32 Å². The molecular formula is C13H25NO3. The molecular weight excluding hydrogens is 218 g/mol. The van der Waals surface area contributed by atoms with E-state index in [0.717, 1.165) is 45.4 Å². The lowest BCUT2D eigenvalue weighted by molar-refractivity contribution is -0.145. The average Bonchev–Trinajstić information content (AvgIpc) is 2.53. The van der Waals surface area contributed by atoms with Crippen LogP contribution in [0.25, 0.3) is 0 Å². The Morgan fingerprint density at radius 2 is 2.18 bits per heavy atom. The molecule has 1 aliphatic rings. The van der Waals surface area contributed by atoms with Gasteiger partial charge in [-0.2, -0.15) is 0 Å². The van der Waals surface area contributed by atoms with Crippen LogP contribution in [0.1, 0.15) is 46.0 Å². The van der Waals surface area contributed by atoms with Gasteiger partial charge < -0.3 is 14.8 Å². The predicted molar refractivity (Wildman–Crippen MR) is 66.9 cm³/mol. The molecule has 0 spiro atoms. The van der Waals surface area contributed by atoms with Gasteiger partial charge in [0.1, 0.15) is 0 Å². The molecule has 1 rings (SSSR count). The molecule has 4 heteroatoms. The number of hydrogen-bond acceptors (Lipinski definition) is 4. The third kappa shape index (κ3) is 5.04. The molecule has 1 unspecified atom stereocenters. The molecule has 0 aromatic heterocycles. The Hall–Kier alpha value is -0.610. The molecule has 17 heavy (non-hydrogen) atoms. The maximum absolute atomic E-state index is 11.7. The van der Waals surface area contributed by atoms with Crippen LogP contribution in [-0.2, 0) is 14.3 Å². The summed E-state index contributed by atoms with van der Waals surface area (Å²) in [6, 6.07) is 0. The lowest BCUT2D eigenvalue weighted by atomic mass is 9.87. The van der Waals surface area contributed by atoms with Gasteiger partial charge in [-0.1, -0.05) is 6.92 Å². The minimum absolute atomic E-state index is 0.0991. The zero-order valence-corrected chi connectivity index (χ0v) is 11.1. The molecule has 0 amide bonds. The molecule has 100 valence electrons. The van der Waals surface area contributed by atoms with Crippen LogP contribution in [0.5, 0.6) is 0 Å². The second-order valence-corrected chi connectivity index (χ2v) is 4.65. The van der Waals surface area contributed by atoms with Crippen molar-refractivity contribution in [3.63, 3.8) is 0 Å². The molecule has 0 radical (unpaired) electrons. The van der Waals surface area contributed by atoms with E-state index >= 15 is 0 Å². The van der Waals surface area contributed by atoms with Crippen molar-refractivity contribution in [2.24, 2.45) is 0 Å². The van der Waals surface area contributed by atoms with Gasteiger partial charge in [-0.3, -0.25) is 4.79 Å². The van der Waals surface area contributed by atoms with Gasteiger partial charge in [0, 0.05) is 18.8 Å². The zero-order valence-electron chi connectivity index (χ0n) is 11.1. The molecule has 0 saturated carbocycles. The van der Waals surface area contributed by atoms with Gasteiger partial charge in [0.15, 0.2) is 0 Å². The van der Waals surface area contributed by atoms with Crippen LogP contribution < -0.4 is 5.32 Å². The third-order valence-corrected chi connectivity index (χ3v) is 3.21. The van der Waals surface area contributed by atoms with Gasteiger partial charge in [-0.25, -0.2) is 0 Å². The summed E-state index contributed by atoms with van der Waals surface area (Å²) in [5, 5.41) is 3.53. The van der Waals surface area contributed by atoms with E-state index in [1.165, 1.54) is 0 Å². The number of carbonyl (C=O) groups is 1. The van der Waals surface area contributed by atoms with E-state index in [2.05, 4.69) is 12.2 Å². The van der Waals surface area contributed by atoms with Gasteiger partial charge in [0.2, 0.25) is 0 Å². The first-order chi connectivity index (χ1) is 8.22. The summed E-state index contributed by atoms with van der Waals surface area (Å²) in [5.74, 6) is -0.0991. The highest BCUT2D eigenvalue weighted by Gasteiger charge is 2.33. The summed E-state index contributed by atoms with van der Waals surface area (Å²) in [5.41, 5.74) is -0.112. The average molecular weight is 243 g/mol. The van der Waals surface area contributed by atoms with Crippen molar-refractivity contribution >= 4 is 5.97 Å². The molecule has 0 aromatic carbocycles. The third-order valence-electron chi connectivity index (χ3n) is 3.21. The molecule has 1 heterocycles. The van der Waals surface area contributed by atoms with Gasteiger partial charge in [0.25, 0.3) is 0 Å². The van der Waals surface area contributed by atoms with E-state index in [9.17, 15) is 4.79 Å².